The molecule has 0 radical (unpaired) electrons. The number of fused-ring (bicyclic) bond motifs is 1. The number of nitrogens with zero attached hydrogens (tertiary/aromatic N) is 3. The Labute approximate surface area is 131 Å². The van der Waals surface area contributed by atoms with Gasteiger partial charge in [0.05, 0.1) is 6.61 Å². The smallest absolute Gasteiger partial charge is 0.409 e. The predicted octanol–water partition coefficient (Wildman–Crippen LogP) is 2.11. The number of hydrogen-bond acceptors (Lipinski definition) is 5. The normalized spacial score (nSPS) is 17.1. The lowest BCUT2D eigenvalue weighted by atomic mass is 10.1. The number of aromatic nitrogens is 1. The fourth-order valence-electron chi connectivity index (χ4n) is 3.01. The Kier molecular flexibility index (Phi) is 4.65. The Balaban J connectivity index is 1.56. The molecule has 3 rings (SSSR count). The van der Waals surface area contributed by atoms with Gasteiger partial charge in [-0.15, -0.1) is 0 Å². The molecule has 6 nitrogen and oxygen atoms in total. The van der Waals surface area contributed by atoms with Gasteiger partial charge in [0.2, 0.25) is 0 Å². The second kappa shape index (κ2) is 6.85. The van der Waals surface area contributed by atoms with E-state index >= 15 is 0 Å². The van der Waals surface area contributed by atoms with Crippen molar-refractivity contribution in [2.75, 3.05) is 49.5 Å². The highest BCUT2D eigenvalue weighted by molar-refractivity contribution is 5.69. The van der Waals surface area contributed by atoms with Crippen LogP contribution < -0.4 is 10.2 Å². The fraction of sp³-hybridized carbons (Fsp3) is 0.625. The Morgan fingerprint density at radius 2 is 2.18 bits per heavy atom. The first-order valence-electron chi connectivity index (χ1n) is 8.18. The molecule has 1 N–H and O–H groups in total. The number of rotatable bonds is 4. The van der Waals surface area contributed by atoms with Gasteiger partial charge >= 0.3 is 6.09 Å². The average Bonchev–Trinajstić information content (AvgIpc) is 3.04. The molecule has 0 spiro atoms. The van der Waals surface area contributed by atoms with Crippen LogP contribution >= 0.6 is 0 Å². The minimum absolute atomic E-state index is 0.172. The van der Waals surface area contributed by atoms with E-state index in [2.05, 4.69) is 28.2 Å². The highest BCUT2D eigenvalue weighted by Gasteiger charge is 2.25. The molecular formula is C16H24N4O2. The van der Waals surface area contributed by atoms with Gasteiger partial charge in [0.25, 0.3) is 0 Å². The number of carbonyl (C=O) groups excluding carboxylic acids is 1. The van der Waals surface area contributed by atoms with Gasteiger partial charge in [-0.05, 0) is 18.9 Å². The summed E-state index contributed by atoms with van der Waals surface area (Å²) in [5.74, 6) is 1.01. The second-order valence-corrected chi connectivity index (χ2v) is 5.78. The first-order chi connectivity index (χ1) is 10.8. The molecule has 0 atom stereocenters. The van der Waals surface area contributed by atoms with Crippen LogP contribution in [-0.4, -0.2) is 55.3 Å². The Bertz CT molecular complexity index is 527. The number of piperazine rings is 1. The molecule has 1 fully saturated rings. The molecule has 1 saturated heterocycles. The molecular weight excluding hydrogens is 280 g/mol. The van der Waals surface area contributed by atoms with E-state index in [1.54, 1.807) is 0 Å². The maximum atomic E-state index is 12.0. The van der Waals surface area contributed by atoms with Gasteiger partial charge < -0.3 is 19.9 Å². The topological polar surface area (TPSA) is 57.7 Å². The lowest BCUT2D eigenvalue weighted by Crippen LogP contribution is -2.49. The molecule has 6 heteroatoms. The van der Waals surface area contributed by atoms with Crippen molar-refractivity contribution >= 4 is 17.6 Å². The summed E-state index contributed by atoms with van der Waals surface area (Å²) in [6.07, 6.45) is 4.69. The predicted molar refractivity (Wildman–Crippen MR) is 86.5 cm³/mol. The number of hydrogen-bond donors (Lipinski definition) is 1. The van der Waals surface area contributed by atoms with Crippen molar-refractivity contribution in [2.45, 2.75) is 26.2 Å². The summed E-state index contributed by atoms with van der Waals surface area (Å²) in [5, 5.41) is 3.31. The van der Waals surface area contributed by atoms with Crippen LogP contribution in [0.4, 0.5) is 16.3 Å². The van der Waals surface area contributed by atoms with E-state index in [0.717, 1.165) is 57.8 Å². The van der Waals surface area contributed by atoms with Gasteiger partial charge in [-0.3, -0.25) is 0 Å². The molecule has 1 amide bonds. The molecule has 120 valence electrons. The number of anilines is 2. The average molecular weight is 304 g/mol. The van der Waals surface area contributed by atoms with Crippen molar-refractivity contribution in [3.63, 3.8) is 0 Å². The molecule has 2 aliphatic heterocycles. The summed E-state index contributed by atoms with van der Waals surface area (Å²) in [5.41, 5.74) is 2.57. The third-order valence-electron chi connectivity index (χ3n) is 4.30. The zero-order valence-corrected chi connectivity index (χ0v) is 13.2. The zero-order chi connectivity index (χ0) is 15.4. The van der Waals surface area contributed by atoms with Crippen molar-refractivity contribution in [1.82, 2.24) is 9.88 Å². The lowest BCUT2D eigenvalue weighted by molar-refractivity contribution is 0.0989. The Morgan fingerprint density at radius 3 is 2.95 bits per heavy atom. The zero-order valence-electron chi connectivity index (χ0n) is 13.2. The van der Waals surface area contributed by atoms with Gasteiger partial charge in [-0.25, -0.2) is 9.78 Å². The molecule has 2 aliphatic rings. The van der Waals surface area contributed by atoms with E-state index < -0.39 is 0 Å². The summed E-state index contributed by atoms with van der Waals surface area (Å²) >= 11 is 0. The minimum Gasteiger partial charge on any atom is -0.449 e. The second-order valence-electron chi connectivity index (χ2n) is 5.78. The standard InChI is InChI=1S/C16H24N4O2/c1-2-3-12-22-16(21)20-10-8-19(9-11-20)14-5-7-18-15-13(14)4-6-17-15/h5,7H,2-4,6,8-12H2,1H3,(H,17,18). The number of ether oxygens (including phenoxy) is 1. The molecule has 0 aliphatic carbocycles. The third-order valence-corrected chi connectivity index (χ3v) is 4.30. The van der Waals surface area contributed by atoms with Crippen molar-refractivity contribution in [3.8, 4) is 0 Å². The molecule has 0 unspecified atom stereocenters. The van der Waals surface area contributed by atoms with Crippen molar-refractivity contribution in [2.24, 2.45) is 0 Å². The largest absolute Gasteiger partial charge is 0.449 e. The van der Waals surface area contributed by atoms with Crippen LogP contribution in [-0.2, 0) is 11.2 Å². The van der Waals surface area contributed by atoms with Crippen LogP contribution in [0.5, 0.6) is 0 Å². The third kappa shape index (κ3) is 3.10. The van der Waals surface area contributed by atoms with Crippen LogP contribution in [0.25, 0.3) is 0 Å². The first-order valence-corrected chi connectivity index (χ1v) is 8.18. The van der Waals surface area contributed by atoms with E-state index in [9.17, 15) is 4.79 Å². The van der Waals surface area contributed by atoms with Crippen LogP contribution in [0, 0.1) is 0 Å². The van der Waals surface area contributed by atoms with Gasteiger partial charge in [0.1, 0.15) is 5.82 Å². The van der Waals surface area contributed by atoms with E-state index in [-0.39, 0.29) is 6.09 Å². The van der Waals surface area contributed by atoms with E-state index in [0.29, 0.717) is 6.61 Å². The van der Waals surface area contributed by atoms with Gasteiger partial charge in [-0.2, -0.15) is 0 Å². The fourth-order valence-corrected chi connectivity index (χ4v) is 3.01. The number of nitrogens with one attached hydrogen (secondary N) is 1. The monoisotopic (exact) mass is 304 g/mol. The quantitative estimate of drug-likeness (QED) is 0.863. The summed E-state index contributed by atoms with van der Waals surface area (Å²) in [4.78, 5) is 20.5. The molecule has 22 heavy (non-hydrogen) atoms. The van der Waals surface area contributed by atoms with Gasteiger partial charge in [-0.1, -0.05) is 13.3 Å². The molecule has 1 aromatic heterocycles. The minimum atomic E-state index is -0.172. The number of amides is 1. The lowest BCUT2D eigenvalue weighted by Gasteiger charge is -2.36. The van der Waals surface area contributed by atoms with Crippen LogP contribution in [0.1, 0.15) is 25.3 Å². The number of pyridine rings is 1. The summed E-state index contributed by atoms with van der Waals surface area (Å²) in [6.45, 7) is 6.71. The number of carbonyl (C=O) groups is 1. The van der Waals surface area contributed by atoms with Crippen LogP contribution in [0.15, 0.2) is 12.3 Å². The van der Waals surface area contributed by atoms with Crippen LogP contribution in [0.3, 0.4) is 0 Å². The van der Waals surface area contributed by atoms with Crippen molar-refractivity contribution in [3.05, 3.63) is 17.8 Å². The molecule has 0 aromatic carbocycles. The highest BCUT2D eigenvalue weighted by Crippen LogP contribution is 2.30. The highest BCUT2D eigenvalue weighted by atomic mass is 16.6. The Morgan fingerprint density at radius 1 is 1.36 bits per heavy atom. The van der Waals surface area contributed by atoms with Crippen molar-refractivity contribution < 1.29 is 9.53 Å². The maximum Gasteiger partial charge on any atom is 0.409 e. The van der Waals surface area contributed by atoms with E-state index in [1.807, 2.05) is 11.1 Å². The Hall–Kier alpha value is -1.98. The SMILES string of the molecule is CCCCOC(=O)N1CCN(c2ccnc3c2CCN3)CC1. The van der Waals surface area contributed by atoms with E-state index in [1.165, 1.54) is 11.3 Å². The maximum absolute atomic E-state index is 12.0. The van der Waals surface area contributed by atoms with Crippen LogP contribution in [0.2, 0.25) is 0 Å². The number of unbranched alkanes of at least 4 members (excludes halogenated alkanes) is 1. The molecule has 1 aromatic rings. The first kappa shape index (κ1) is 14.9. The van der Waals surface area contributed by atoms with Crippen molar-refractivity contribution in [1.29, 1.82) is 0 Å². The summed E-state index contributed by atoms with van der Waals surface area (Å²) in [6, 6.07) is 2.08. The molecule has 0 bridgehead atoms. The summed E-state index contributed by atoms with van der Waals surface area (Å²) < 4.78 is 5.29. The van der Waals surface area contributed by atoms with E-state index in [4.69, 9.17) is 4.74 Å². The van der Waals surface area contributed by atoms with Gasteiger partial charge in [0.15, 0.2) is 0 Å². The molecule has 0 saturated carbocycles. The summed E-state index contributed by atoms with van der Waals surface area (Å²) in [7, 11) is 0. The van der Waals surface area contributed by atoms with Gasteiger partial charge in [0, 0.05) is 50.2 Å². The molecule has 3 heterocycles.